The lowest BCUT2D eigenvalue weighted by molar-refractivity contribution is -0.137. The van der Waals surface area contributed by atoms with E-state index in [1.54, 1.807) is 12.1 Å². The monoisotopic (exact) mass is 507 g/mol. The van der Waals surface area contributed by atoms with Gasteiger partial charge in [-0.2, -0.15) is 0 Å². The van der Waals surface area contributed by atoms with Crippen LogP contribution in [0.3, 0.4) is 0 Å². The zero-order valence-corrected chi connectivity index (χ0v) is 22.6. The molecule has 0 saturated carbocycles. The molecule has 200 valence electrons. The second-order valence-electron chi connectivity index (χ2n) is 10.1. The number of carbonyl (C=O) groups is 1. The number of fused-ring (bicyclic) bond motifs is 1. The van der Waals surface area contributed by atoms with Crippen LogP contribution in [0.1, 0.15) is 75.5 Å². The normalized spacial score (nSPS) is 23.9. The topological polar surface area (TPSA) is 80.6 Å². The summed E-state index contributed by atoms with van der Waals surface area (Å²) >= 11 is 0. The van der Waals surface area contributed by atoms with E-state index in [-0.39, 0.29) is 18.6 Å². The van der Waals surface area contributed by atoms with Gasteiger partial charge in [0, 0.05) is 31.5 Å². The molecule has 3 rings (SSSR count). The number of benzene rings is 1. The summed E-state index contributed by atoms with van der Waals surface area (Å²) in [5.41, 5.74) is 3.56. The SMILES string of the molecule is C=C1OC(CCC)C/C=C/C(C)C/C=C/C(=N/OCC(=O)N2CCCCC2)Cc2cc(N=O)cc(C)c21. The summed E-state index contributed by atoms with van der Waals surface area (Å²) in [5.74, 6) is 0.888. The van der Waals surface area contributed by atoms with Gasteiger partial charge in [0.25, 0.3) is 5.91 Å². The van der Waals surface area contributed by atoms with E-state index >= 15 is 0 Å². The van der Waals surface area contributed by atoms with Crippen LogP contribution in [0.5, 0.6) is 0 Å². The van der Waals surface area contributed by atoms with Crippen LogP contribution in [-0.2, 0) is 20.8 Å². The van der Waals surface area contributed by atoms with Gasteiger partial charge >= 0.3 is 0 Å². The standard InChI is InChI=1S/C30H41N3O4/c1-5-11-28-15-10-13-22(2)12-9-14-26(32-36-21-29(34)33-16-7-6-8-17-33)19-25-20-27(31-35)18-23(3)30(25)24(4)37-28/h9-10,13-14,18,20,22,28H,4-8,11-12,15-17,19,21H2,1-3H3/b13-10+,14-9+,32-26-. The van der Waals surface area contributed by atoms with Crippen LogP contribution in [0.4, 0.5) is 5.69 Å². The fourth-order valence-corrected chi connectivity index (χ4v) is 4.92. The lowest BCUT2D eigenvalue weighted by Gasteiger charge is -2.26. The lowest BCUT2D eigenvalue weighted by Crippen LogP contribution is -2.37. The number of ether oxygens (including phenoxy) is 1. The van der Waals surface area contributed by atoms with Crippen LogP contribution in [0.25, 0.3) is 5.76 Å². The van der Waals surface area contributed by atoms with Gasteiger partial charge in [-0.1, -0.05) is 50.2 Å². The predicted octanol–water partition coefficient (Wildman–Crippen LogP) is 7.02. The number of rotatable bonds is 6. The highest BCUT2D eigenvalue weighted by atomic mass is 16.6. The highest BCUT2D eigenvalue weighted by Crippen LogP contribution is 2.31. The number of likely N-dealkylation sites (tertiary alicyclic amines) is 1. The van der Waals surface area contributed by atoms with E-state index in [9.17, 15) is 9.70 Å². The van der Waals surface area contributed by atoms with Gasteiger partial charge in [-0.05, 0) is 79.5 Å². The summed E-state index contributed by atoms with van der Waals surface area (Å²) in [5, 5.41) is 7.52. The molecule has 7 heteroatoms. The van der Waals surface area contributed by atoms with Gasteiger partial charge in [-0.3, -0.25) is 4.79 Å². The molecule has 0 aliphatic carbocycles. The van der Waals surface area contributed by atoms with E-state index in [0.29, 0.717) is 29.5 Å². The first-order chi connectivity index (χ1) is 17.9. The minimum absolute atomic E-state index is 0.0211. The number of nitroso groups, excluding NO2 is 1. The van der Waals surface area contributed by atoms with Crippen LogP contribution < -0.4 is 0 Å². The van der Waals surface area contributed by atoms with Crippen molar-refractivity contribution in [3.8, 4) is 0 Å². The fourth-order valence-electron chi connectivity index (χ4n) is 4.92. The Morgan fingerprint density at radius 2 is 1.97 bits per heavy atom. The number of aryl methyl sites for hydroxylation is 1. The quantitative estimate of drug-likeness (QED) is 0.235. The van der Waals surface area contributed by atoms with Gasteiger partial charge in [-0.15, -0.1) is 4.91 Å². The summed E-state index contributed by atoms with van der Waals surface area (Å²) < 4.78 is 6.37. The molecule has 7 nitrogen and oxygen atoms in total. The lowest BCUT2D eigenvalue weighted by atomic mass is 9.94. The number of allylic oxidation sites excluding steroid dienone is 3. The predicted molar refractivity (Wildman–Crippen MR) is 150 cm³/mol. The molecule has 2 heterocycles. The Labute approximate surface area is 221 Å². The maximum Gasteiger partial charge on any atom is 0.263 e. The number of amides is 1. The van der Waals surface area contributed by atoms with Crippen LogP contribution in [-0.4, -0.2) is 42.3 Å². The van der Waals surface area contributed by atoms with Crippen molar-refractivity contribution in [2.24, 2.45) is 16.3 Å². The molecule has 1 aromatic carbocycles. The maximum atomic E-state index is 12.5. The summed E-state index contributed by atoms with van der Waals surface area (Å²) in [4.78, 5) is 31.4. The molecule has 0 aromatic heterocycles. The van der Waals surface area contributed by atoms with Gasteiger partial charge in [0.1, 0.15) is 17.6 Å². The Balaban J connectivity index is 1.91. The molecule has 37 heavy (non-hydrogen) atoms. The first-order valence-corrected chi connectivity index (χ1v) is 13.5. The fraction of sp³-hybridized carbons (Fsp3) is 0.533. The highest BCUT2D eigenvalue weighted by molar-refractivity contribution is 5.97. The van der Waals surface area contributed by atoms with Crippen LogP contribution in [0, 0.1) is 17.7 Å². The Kier molecular flexibility index (Phi) is 11.1. The molecule has 0 spiro atoms. The second kappa shape index (κ2) is 14.5. The van der Waals surface area contributed by atoms with Crippen LogP contribution in [0.15, 0.2) is 53.3 Å². The third-order valence-electron chi connectivity index (χ3n) is 6.84. The molecular weight excluding hydrogens is 466 g/mol. The smallest absolute Gasteiger partial charge is 0.263 e. The van der Waals surface area contributed by atoms with Gasteiger partial charge in [0.05, 0.1) is 5.71 Å². The largest absolute Gasteiger partial charge is 0.490 e. The van der Waals surface area contributed by atoms with Crippen LogP contribution >= 0.6 is 0 Å². The van der Waals surface area contributed by atoms with Crippen molar-refractivity contribution < 1.29 is 14.4 Å². The average Bonchev–Trinajstić information content (AvgIpc) is 2.88. The van der Waals surface area contributed by atoms with E-state index in [1.165, 1.54) is 0 Å². The Morgan fingerprint density at radius 1 is 1.19 bits per heavy atom. The molecular formula is C30H41N3O4. The molecule has 2 atom stereocenters. The van der Waals surface area contributed by atoms with E-state index in [1.807, 2.05) is 17.9 Å². The van der Waals surface area contributed by atoms with Crippen molar-refractivity contribution in [1.29, 1.82) is 0 Å². The minimum Gasteiger partial charge on any atom is -0.490 e. The van der Waals surface area contributed by atoms with E-state index in [2.05, 4.69) is 49.0 Å². The molecule has 1 aromatic rings. The van der Waals surface area contributed by atoms with Gasteiger partial charge in [-0.25, -0.2) is 0 Å². The maximum absolute atomic E-state index is 12.5. The van der Waals surface area contributed by atoms with E-state index in [0.717, 1.165) is 74.7 Å². The van der Waals surface area contributed by atoms with Crippen molar-refractivity contribution in [2.45, 2.75) is 78.2 Å². The average molecular weight is 508 g/mol. The highest BCUT2D eigenvalue weighted by Gasteiger charge is 2.19. The minimum atomic E-state index is -0.0905. The molecule has 0 N–H and O–H groups in total. The third kappa shape index (κ3) is 8.69. The first kappa shape index (κ1) is 28.4. The van der Waals surface area contributed by atoms with Crippen molar-refractivity contribution in [3.63, 3.8) is 0 Å². The number of piperidine rings is 1. The molecule has 1 saturated heterocycles. The van der Waals surface area contributed by atoms with Crippen LogP contribution in [0.2, 0.25) is 0 Å². The van der Waals surface area contributed by atoms with E-state index in [4.69, 9.17) is 9.57 Å². The molecule has 0 radical (unpaired) electrons. The zero-order valence-electron chi connectivity index (χ0n) is 22.6. The Hall–Kier alpha value is -3.22. The van der Waals surface area contributed by atoms with Gasteiger partial charge in [0.2, 0.25) is 0 Å². The zero-order chi connectivity index (χ0) is 26.6. The summed E-state index contributed by atoms with van der Waals surface area (Å²) in [6.45, 7) is 12.0. The number of nitrogens with zero attached hydrogens (tertiary/aromatic N) is 3. The Bertz CT molecular complexity index is 1040. The number of hydrogen-bond acceptors (Lipinski definition) is 6. The second-order valence-corrected chi connectivity index (χ2v) is 10.1. The number of hydrogen-bond donors (Lipinski definition) is 0. The summed E-state index contributed by atoms with van der Waals surface area (Å²) in [7, 11) is 0. The summed E-state index contributed by atoms with van der Waals surface area (Å²) in [6, 6.07) is 3.51. The molecule has 2 aliphatic heterocycles. The van der Waals surface area contributed by atoms with Crippen molar-refractivity contribution in [2.75, 3.05) is 19.7 Å². The van der Waals surface area contributed by atoms with E-state index < -0.39 is 0 Å². The number of carbonyl (C=O) groups excluding carboxylic acids is 1. The summed E-state index contributed by atoms with van der Waals surface area (Å²) in [6.07, 6.45) is 15.6. The molecule has 2 aliphatic rings. The first-order valence-electron chi connectivity index (χ1n) is 13.5. The molecule has 2 unspecified atom stereocenters. The van der Waals surface area contributed by atoms with Crippen molar-refractivity contribution >= 4 is 23.1 Å². The number of oxime groups is 1. The van der Waals surface area contributed by atoms with Crippen molar-refractivity contribution in [3.05, 3.63) is 64.6 Å². The Morgan fingerprint density at radius 3 is 2.70 bits per heavy atom. The molecule has 0 bridgehead atoms. The third-order valence-corrected chi connectivity index (χ3v) is 6.84. The van der Waals surface area contributed by atoms with Gasteiger partial charge < -0.3 is 14.5 Å². The molecule has 1 amide bonds. The van der Waals surface area contributed by atoms with Gasteiger partial charge in [0.15, 0.2) is 6.61 Å². The molecule has 1 fully saturated rings. The van der Waals surface area contributed by atoms with Crippen molar-refractivity contribution in [1.82, 2.24) is 4.90 Å².